The highest BCUT2D eigenvalue weighted by atomic mass is 16.4. The molecule has 0 spiro atoms. The van der Waals surface area contributed by atoms with E-state index in [1.54, 1.807) is 0 Å². The standard InChI is InChI=1S/C10H15NO3/c1-3-5-8(2)11-9(12)6-4-7-10(13)14/h1,8H,4-7H2,2H3,(H,11,12)(H,13,14). The third-order valence-electron chi connectivity index (χ3n) is 1.63. The Morgan fingerprint density at radius 3 is 2.64 bits per heavy atom. The van der Waals surface area contributed by atoms with Gasteiger partial charge in [0.1, 0.15) is 0 Å². The van der Waals surface area contributed by atoms with Crippen molar-refractivity contribution in [3.8, 4) is 12.3 Å². The summed E-state index contributed by atoms with van der Waals surface area (Å²) >= 11 is 0. The summed E-state index contributed by atoms with van der Waals surface area (Å²) in [7, 11) is 0. The Bertz CT molecular complexity index is 242. The molecule has 0 saturated carbocycles. The van der Waals surface area contributed by atoms with Crippen LogP contribution in [0.5, 0.6) is 0 Å². The van der Waals surface area contributed by atoms with Gasteiger partial charge in [0.15, 0.2) is 0 Å². The van der Waals surface area contributed by atoms with E-state index in [2.05, 4.69) is 11.2 Å². The highest BCUT2D eigenvalue weighted by molar-refractivity contribution is 5.77. The molecule has 0 aromatic heterocycles. The molecule has 1 unspecified atom stereocenters. The molecule has 14 heavy (non-hydrogen) atoms. The molecular formula is C10H15NO3. The first-order valence-electron chi connectivity index (χ1n) is 4.51. The van der Waals surface area contributed by atoms with Crippen molar-refractivity contribution in [2.45, 2.75) is 38.6 Å². The summed E-state index contributed by atoms with van der Waals surface area (Å²) in [6, 6.07) is -0.0441. The number of carbonyl (C=O) groups excluding carboxylic acids is 1. The molecule has 0 aliphatic rings. The Morgan fingerprint density at radius 2 is 2.14 bits per heavy atom. The Kier molecular flexibility index (Phi) is 6.21. The van der Waals surface area contributed by atoms with E-state index in [-0.39, 0.29) is 24.8 Å². The molecule has 4 heteroatoms. The maximum Gasteiger partial charge on any atom is 0.303 e. The summed E-state index contributed by atoms with van der Waals surface area (Å²) in [6.45, 7) is 1.81. The van der Waals surface area contributed by atoms with Crippen molar-refractivity contribution in [2.75, 3.05) is 0 Å². The van der Waals surface area contributed by atoms with E-state index in [4.69, 9.17) is 11.5 Å². The number of amides is 1. The second kappa shape index (κ2) is 6.96. The van der Waals surface area contributed by atoms with Gasteiger partial charge in [-0.2, -0.15) is 0 Å². The fourth-order valence-electron chi connectivity index (χ4n) is 0.975. The lowest BCUT2D eigenvalue weighted by atomic mass is 10.2. The maximum atomic E-state index is 11.1. The van der Waals surface area contributed by atoms with Gasteiger partial charge < -0.3 is 10.4 Å². The average molecular weight is 197 g/mol. The number of aliphatic carboxylic acids is 1. The van der Waals surface area contributed by atoms with Gasteiger partial charge in [0, 0.05) is 25.3 Å². The minimum atomic E-state index is -0.880. The molecule has 0 heterocycles. The van der Waals surface area contributed by atoms with Gasteiger partial charge in [-0.3, -0.25) is 9.59 Å². The molecule has 0 aliphatic carbocycles. The monoisotopic (exact) mass is 197 g/mol. The molecule has 0 fully saturated rings. The van der Waals surface area contributed by atoms with E-state index < -0.39 is 5.97 Å². The van der Waals surface area contributed by atoms with Crippen LogP contribution in [0.15, 0.2) is 0 Å². The van der Waals surface area contributed by atoms with Gasteiger partial charge in [0.2, 0.25) is 5.91 Å². The normalized spacial score (nSPS) is 11.4. The molecule has 2 N–H and O–H groups in total. The zero-order chi connectivity index (χ0) is 11.0. The Labute approximate surface area is 83.7 Å². The van der Waals surface area contributed by atoms with Crippen molar-refractivity contribution >= 4 is 11.9 Å². The average Bonchev–Trinajstić information content (AvgIpc) is 2.03. The highest BCUT2D eigenvalue weighted by Gasteiger charge is 2.06. The van der Waals surface area contributed by atoms with E-state index in [0.717, 1.165) is 0 Å². The molecule has 0 rings (SSSR count). The molecule has 0 aromatic carbocycles. The van der Waals surface area contributed by atoms with E-state index in [1.165, 1.54) is 0 Å². The van der Waals surface area contributed by atoms with Crippen LogP contribution in [0.4, 0.5) is 0 Å². The largest absolute Gasteiger partial charge is 0.481 e. The van der Waals surface area contributed by atoms with Gasteiger partial charge >= 0.3 is 5.97 Å². The van der Waals surface area contributed by atoms with Crippen molar-refractivity contribution in [1.29, 1.82) is 0 Å². The first kappa shape index (κ1) is 12.5. The predicted octanol–water partition coefficient (Wildman–Crippen LogP) is 0.769. The van der Waals surface area contributed by atoms with E-state index >= 15 is 0 Å². The zero-order valence-electron chi connectivity index (χ0n) is 8.25. The molecule has 0 saturated heterocycles. The smallest absolute Gasteiger partial charge is 0.303 e. The number of rotatable bonds is 6. The van der Waals surface area contributed by atoms with Gasteiger partial charge in [0.25, 0.3) is 0 Å². The van der Waals surface area contributed by atoms with Crippen molar-refractivity contribution in [1.82, 2.24) is 5.32 Å². The topological polar surface area (TPSA) is 66.4 Å². The molecule has 0 aromatic rings. The lowest BCUT2D eigenvalue weighted by Crippen LogP contribution is -2.32. The summed E-state index contributed by atoms with van der Waals surface area (Å²) in [4.78, 5) is 21.3. The van der Waals surface area contributed by atoms with Crippen molar-refractivity contribution in [3.63, 3.8) is 0 Å². The third-order valence-corrected chi connectivity index (χ3v) is 1.63. The van der Waals surface area contributed by atoms with Crippen molar-refractivity contribution in [2.24, 2.45) is 0 Å². The van der Waals surface area contributed by atoms with Gasteiger partial charge in [-0.25, -0.2) is 0 Å². The molecular weight excluding hydrogens is 182 g/mol. The molecule has 1 atom stereocenters. The van der Waals surface area contributed by atoms with Crippen molar-refractivity contribution in [3.05, 3.63) is 0 Å². The molecule has 0 bridgehead atoms. The van der Waals surface area contributed by atoms with Crippen LogP contribution in [0, 0.1) is 12.3 Å². The summed E-state index contributed by atoms with van der Waals surface area (Å²) in [5.41, 5.74) is 0. The number of carbonyl (C=O) groups is 2. The van der Waals surface area contributed by atoms with Crippen LogP contribution in [0.3, 0.4) is 0 Å². The highest BCUT2D eigenvalue weighted by Crippen LogP contribution is 1.96. The first-order chi connectivity index (χ1) is 6.56. The zero-order valence-corrected chi connectivity index (χ0v) is 8.25. The Morgan fingerprint density at radius 1 is 1.50 bits per heavy atom. The SMILES string of the molecule is C#CCC(C)NC(=O)CCCC(=O)O. The Hall–Kier alpha value is -1.50. The van der Waals surface area contributed by atoms with Crippen LogP contribution in [-0.2, 0) is 9.59 Å². The van der Waals surface area contributed by atoms with Gasteiger partial charge in [0.05, 0.1) is 0 Å². The summed E-state index contributed by atoms with van der Waals surface area (Å²) < 4.78 is 0. The number of hydrogen-bond donors (Lipinski definition) is 2. The number of nitrogens with one attached hydrogen (secondary N) is 1. The predicted molar refractivity (Wildman–Crippen MR) is 52.5 cm³/mol. The Balaban J connectivity index is 3.56. The number of hydrogen-bond acceptors (Lipinski definition) is 2. The second-order valence-electron chi connectivity index (χ2n) is 3.12. The lowest BCUT2D eigenvalue weighted by Gasteiger charge is -2.09. The molecule has 0 radical (unpaired) electrons. The van der Waals surface area contributed by atoms with Crippen LogP contribution < -0.4 is 5.32 Å². The van der Waals surface area contributed by atoms with Crippen LogP contribution >= 0.6 is 0 Å². The van der Waals surface area contributed by atoms with Crippen LogP contribution in [-0.4, -0.2) is 23.0 Å². The minimum Gasteiger partial charge on any atom is -0.481 e. The number of carboxylic acid groups (broad SMARTS) is 1. The van der Waals surface area contributed by atoms with E-state index in [9.17, 15) is 9.59 Å². The minimum absolute atomic E-state index is 0.0247. The third kappa shape index (κ3) is 7.17. The molecule has 78 valence electrons. The fraction of sp³-hybridized carbons (Fsp3) is 0.600. The van der Waals surface area contributed by atoms with Gasteiger partial charge in [-0.1, -0.05) is 0 Å². The summed E-state index contributed by atoms with van der Waals surface area (Å²) in [6.07, 6.45) is 6.18. The number of carboxylic acids is 1. The van der Waals surface area contributed by atoms with Crippen molar-refractivity contribution < 1.29 is 14.7 Å². The fourth-order valence-corrected chi connectivity index (χ4v) is 0.975. The first-order valence-corrected chi connectivity index (χ1v) is 4.51. The maximum absolute atomic E-state index is 11.1. The quantitative estimate of drug-likeness (QED) is 0.618. The summed E-state index contributed by atoms with van der Waals surface area (Å²) in [5, 5.41) is 11.0. The van der Waals surface area contributed by atoms with Crippen LogP contribution in [0.1, 0.15) is 32.6 Å². The van der Waals surface area contributed by atoms with Gasteiger partial charge in [-0.15, -0.1) is 12.3 Å². The number of terminal acetylenes is 1. The van der Waals surface area contributed by atoms with E-state index in [0.29, 0.717) is 12.8 Å². The molecule has 4 nitrogen and oxygen atoms in total. The van der Waals surface area contributed by atoms with Crippen LogP contribution in [0.25, 0.3) is 0 Å². The van der Waals surface area contributed by atoms with Crippen LogP contribution in [0.2, 0.25) is 0 Å². The summed E-state index contributed by atoms with van der Waals surface area (Å²) in [5.74, 6) is 1.41. The lowest BCUT2D eigenvalue weighted by molar-refractivity contribution is -0.137. The molecule has 0 aliphatic heterocycles. The van der Waals surface area contributed by atoms with Gasteiger partial charge in [-0.05, 0) is 13.3 Å². The van der Waals surface area contributed by atoms with E-state index in [1.807, 2.05) is 6.92 Å². The second-order valence-corrected chi connectivity index (χ2v) is 3.12. The molecule has 1 amide bonds.